The van der Waals surface area contributed by atoms with Gasteiger partial charge in [0.2, 0.25) is 10.0 Å². The molecule has 0 amide bonds. The molecule has 0 bridgehead atoms. The van der Waals surface area contributed by atoms with Crippen LogP contribution in [0, 0.1) is 0 Å². The Morgan fingerprint density at radius 2 is 1.55 bits per heavy atom. The molecule has 0 spiro atoms. The average Bonchev–Trinajstić information content (AvgIpc) is 2.86. The molecule has 0 saturated carbocycles. The van der Waals surface area contributed by atoms with Crippen LogP contribution in [0.5, 0.6) is 11.5 Å². The molecule has 4 nitrogen and oxygen atoms in total. The van der Waals surface area contributed by atoms with Crippen molar-refractivity contribution in [3.63, 3.8) is 0 Å². The molecule has 20 heavy (non-hydrogen) atoms. The first kappa shape index (κ1) is 13.1. The van der Waals surface area contributed by atoms with E-state index in [0.29, 0.717) is 5.75 Å². The predicted octanol–water partition coefficient (Wildman–Crippen LogP) is 2.62. The van der Waals surface area contributed by atoms with Crippen molar-refractivity contribution in [3.05, 3.63) is 53.6 Å². The Kier molecular flexibility index (Phi) is 3.23. The summed E-state index contributed by atoms with van der Waals surface area (Å²) in [5, 5.41) is 5.05. The number of nitrogens with two attached hydrogens (primary N) is 1. The first-order chi connectivity index (χ1) is 9.52. The van der Waals surface area contributed by atoms with E-state index in [9.17, 15) is 8.42 Å². The summed E-state index contributed by atoms with van der Waals surface area (Å²) in [7, 11) is -3.66. The molecule has 104 valence electrons. The van der Waals surface area contributed by atoms with Crippen molar-refractivity contribution in [2.24, 2.45) is 5.14 Å². The summed E-state index contributed by atoms with van der Waals surface area (Å²) >= 11 is 0. The van der Waals surface area contributed by atoms with E-state index in [1.54, 1.807) is 12.1 Å². The molecule has 0 heterocycles. The second kappa shape index (κ2) is 4.92. The number of primary sulfonamides is 1. The Hall–Kier alpha value is -1.85. The van der Waals surface area contributed by atoms with Gasteiger partial charge in [-0.05, 0) is 66.8 Å². The van der Waals surface area contributed by atoms with Crippen molar-refractivity contribution >= 4 is 10.0 Å². The number of hydrogen-bond acceptors (Lipinski definition) is 3. The Bertz CT molecular complexity index is 736. The van der Waals surface area contributed by atoms with E-state index < -0.39 is 10.0 Å². The molecule has 2 aromatic carbocycles. The molecule has 0 fully saturated rings. The molecular weight excluding hydrogens is 274 g/mol. The highest BCUT2D eigenvalue weighted by Gasteiger charge is 2.12. The van der Waals surface area contributed by atoms with Gasteiger partial charge in [0, 0.05) is 0 Å². The van der Waals surface area contributed by atoms with Crippen LogP contribution in [0.25, 0.3) is 0 Å². The largest absolute Gasteiger partial charge is 0.457 e. The van der Waals surface area contributed by atoms with E-state index in [1.807, 2.05) is 6.07 Å². The van der Waals surface area contributed by atoms with E-state index >= 15 is 0 Å². The van der Waals surface area contributed by atoms with Gasteiger partial charge in [0.1, 0.15) is 11.5 Å². The van der Waals surface area contributed by atoms with Crippen LogP contribution >= 0.6 is 0 Å². The second-order valence-corrected chi connectivity index (χ2v) is 6.46. The first-order valence-electron chi connectivity index (χ1n) is 6.45. The minimum absolute atomic E-state index is 0.0822. The maximum Gasteiger partial charge on any atom is 0.238 e. The number of benzene rings is 2. The monoisotopic (exact) mass is 289 g/mol. The lowest BCUT2D eigenvalue weighted by Gasteiger charge is -2.08. The van der Waals surface area contributed by atoms with Crippen LogP contribution in [0.3, 0.4) is 0 Å². The maximum absolute atomic E-state index is 11.2. The summed E-state index contributed by atoms with van der Waals surface area (Å²) in [6.07, 6.45) is 3.43. The summed E-state index contributed by atoms with van der Waals surface area (Å²) in [6.45, 7) is 0. The number of hydrogen-bond donors (Lipinski definition) is 1. The minimum atomic E-state index is -3.66. The van der Waals surface area contributed by atoms with Crippen molar-refractivity contribution in [1.29, 1.82) is 0 Å². The zero-order valence-corrected chi connectivity index (χ0v) is 11.7. The Balaban J connectivity index is 1.81. The molecule has 0 unspecified atom stereocenters. The van der Waals surface area contributed by atoms with Crippen LogP contribution in [-0.4, -0.2) is 8.42 Å². The molecule has 0 aliphatic heterocycles. The van der Waals surface area contributed by atoms with Gasteiger partial charge in [-0.2, -0.15) is 0 Å². The van der Waals surface area contributed by atoms with E-state index in [-0.39, 0.29) is 4.90 Å². The Labute approximate surface area is 118 Å². The number of rotatable bonds is 3. The fraction of sp³-hybridized carbons (Fsp3) is 0.200. The van der Waals surface area contributed by atoms with E-state index in [2.05, 4.69) is 12.1 Å². The smallest absolute Gasteiger partial charge is 0.238 e. The molecule has 0 radical (unpaired) electrons. The van der Waals surface area contributed by atoms with Crippen LogP contribution in [0.4, 0.5) is 0 Å². The maximum atomic E-state index is 11.2. The van der Waals surface area contributed by atoms with Gasteiger partial charge in [-0.15, -0.1) is 0 Å². The zero-order chi connectivity index (χ0) is 14.2. The highest BCUT2D eigenvalue weighted by atomic mass is 32.2. The van der Waals surface area contributed by atoms with Crippen LogP contribution in [-0.2, 0) is 22.9 Å². The highest BCUT2D eigenvalue weighted by Crippen LogP contribution is 2.29. The minimum Gasteiger partial charge on any atom is -0.457 e. The molecule has 1 aliphatic rings. The molecule has 0 aromatic heterocycles. The summed E-state index contributed by atoms with van der Waals surface area (Å²) in [6, 6.07) is 12.2. The molecular formula is C15H15NO3S. The van der Waals surface area contributed by atoms with Gasteiger partial charge in [-0.1, -0.05) is 6.07 Å². The second-order valence-electron chi connectivity index (χ2n) is 4.90. The van der Waals surface area contributed by atoms with Gasteiger partial charge in [0.25, 0.3) is 0 Å². The lowest BCUT2D eigenvalue weighted by molar-refractivity contribution is 0.481. The van der Waals surface area contributed by atoms with E-state index in [0.717, 1.165) is 18.6 Å². The van der Waals surface area contributed by atoms with Crippen LogP contribution in [0.2, 0.25) is 0 Å². The third-order valence-corrected chi connectivity index (χ3v) is 4.39. The lowest BCUT2D eigenvalue weighted by Crippen LogP contribution is -2.11. The molecule has 1 aliphatic carbocycles. The summed E-state index contributed by atoms with van der Waals surface area (Å²) in [5.74, 6) is 1.37. The molecule has 5 heteroatoms. The fourth-order valence-corrected chi connectivity index (χ4v) is 2.96. The molecule has 2 aromatic rings. The Morgan fingerprint density at radius 3 is 2.25 bits per heavy atom. The van der Waals surface area contributed by atoms with Crippen molar-refractivity contribution in [3.8, 4) is 11.5 Å². The predicted molar refractivity (Wildman–Crippen MR) is 76.4 cm³/mol. The van der Waals surface area contributed by atoms with E-state index in [4.69, 9.17) is 9.88 Å². The van der Waals surface area contributed by atoms with Gasteiger partial charge in [0.05, 0.1) is 4.90 Å². The highest BCUT2D eigenvalue weighted by molar-refractivity contribution is 7.89. The van der Waals surface area contributed by atoms with Gasteiger partial charge in [0.15, 0.2) is 0 Å². The fourth-order valence-electron chi connectivity index (χ4n) is 2.45. The van der Waals surface area contributed by atoms with Gasteiger partial charge < -0.3 is 4.74 Å². The SMILES string of the molecule is NS(=O)(=O)c1ccc(Oc2ccc3c(c2)CCC3)cc1. The third-order valence-electron chi connectivity index (χ3n) is 3.46. The van der Waals surface area contributed by atoms with Gasteiger partial charge in [-0.25, -0.2) is 13.6 Å². The van der Waals surface area contributed by atoms with Crippen LogP contribution in [0.15, 0.2) is 47.4 Å². The normalized spacial score (nSPS) is 14.1. The number of ether oxygens (including phenoxy) is 1. The van der Waals surface area contributed by atoms with Crippen molar-refractivity contribution in [1.82, 2.24) is 0 Å². The zero-order valence-electron chi connectivity index (χ0n) is 10.9. The molecule has 0 saturated heterocycles. The first-order valence-corrected chi connectivity index (χ1v) is 7.99. The van der Waals surface area contributed by atoms with Gasteiger partial charge >= 0.3 is 0 Å². The van der Waals surface area contributed by atoms with Gasteiger partial charge in [-0.3, -0.25) is 0 Å². The molecule has 0 atom stereocenters. The third kappa shape index (κ3) is 2.69. The van der Waals surface area contributed by atoms with E-state index in [1.165, 1.54) is 29.7 Å². The number of fused-ring (bicyclic) bond motifs is 1. The standard InChI is InChI=1S/C15H15NO3S/c16-20(17,18)15-8-6-13(7-9-15)19-14-5-4-11-2-1-3-12(11)10-14/h4-10H,1-3H2,(H2,16,17,18). The summed E-state index contributed by atoms with van der Waals surface area (Å²) in [5.41, 5.74) is 2.73. The lowest BCUT2D eigenvalue weighted by atomic mass is 10.1. The molecule has 2 N–H and O–H groups in total. The number of aryl methyl sites for hydroxylation is 2. The number of sulfonamides is 1. The van der Waals surface area contributed by atoms with Crippen molar-refractivity contribution < 1.29 is 13.2 Å². The van der Waals surface area contributed by atoms with Crippen LogP contribution in [0.1, 0.15) is 17.5 Å². The summed E-state index contributed by atoms with van der Waals surface area (Å²) in [4.78, 5) is 0.0822. The Morgan fingerprint density at radius 1 is 0.900 bits per heavy atom. The van der Waals surface area contributed by atoms with Crippen molar-refractivity contribution in [2.75, 3.05) is 0 Å². The van der Waals surface area contributed by atoms with Crippen LogP contribution < -0.4 is 9.88 Å². The summed E-state index contributed by atoms with van der Waals surface area (Å²) < 4.78 is 28.1. The molecule has 3 rings (SSSR count). The average molecular weight is 289 g/mol. The quantitative estimate of drug-likeness (QED) is 0.944. The van der Waals surface area contributed by atoms with Crippen molar-refractivity contribution in [2.45, 2.75) is 24.2 Å². The topological polar surface area (TPSA) is 69.4 Å².